The quantitative estimate of drug-likeness (QED) is 0.455. The predicted octanol–water partition coefficient (Wildman–Crippen LogP) is 3.72. The van der Waals surface area contributed by atoms with Crippen molar-refractivity contribution in [3.8, 4) is 5.75 Å². The summed E-state index contributed by atoms with van der Waals surface area (Å²) >= 11 is 3.25. The van der Waals surface area contributed by atoms with Gasteiger partial charge in [0.25, 0.3) is 0 Å². The number of methoxy groups -OCH3 is 1. The van der Waals surface area contributed by atoms with Crippen molar-refractivity contribution in [1.29, 1.82) is 0 Å². The summed E-state index contributed by atoms with van der Waals surface area (Å²) < 4.78 is 31.2. The molecule has 0 aliphatic carbocycles. The molecule has 0 spiro atoms. The fraction of sp³-hybridized carbons (Fsp3) is 0.417. The highest BCUT2D eigenvalue weighted by Gasteiger charge is 2.17. The Balaban J connectivity index is 2.91. The monoisotopic (exact) mass is 306 g/mol. The highest BCUT2D eigenvalue weighted by molar-refractivity contribution is 9.09. The SMILES string of the molecule is COc1c(F)cc(F)cc1C(=O)CCCCBr. The van der Waals surface area contributed by atoms with E-state index in [1.165, 1.54) is 7.11 Å². The summed E-state index contributed by atoms with van der Waals surface area (Å²) in [6.07, 6.45) is 1.77. The van der Waals surface area contributed by atoms with Crippen LogP contribution in [0.2, 0.25) is 0 Å². The number of benzene rings is 1. The zero-order chi connectivity index (χ0) is 12.8. The van der Waals surface area contributed by atoms with E-state index < -0.39 is 11.6 Å². The second kappa shape index (κ2) is 6.69. The van der Waals surface area contributed by atoms with Gasteiger partial charge in [-0.1, -0.05) is 15.9 Å². The van der Waals surface area contributed by atoms with Gasteiger partial charge in [-0.3, -0.25) is 4.79 Å². The number of ketones is 1. The van der Waals surface area contributed by atoms with Crippen LogP contribution >= 0.6 is 15.9 Å². The molecule has 1 rings (SSSR count). The maximum absolute atomic E-state index is 13.3. The summed E-state index contributed by atoms with van der Waals surface area (Å²) in [6.45, 7) is 0. The third-order valence-electron chi connectivity index (χ3n) is 2.30. The Kier molecular flexibility index (Phi) is 5.55. The Morgan fingerprint density at radius 3 is 2.65 bits per heavy atom. The van der Waals surface area contributed by atoms with Crippen LogP contribution in [0, 0.1) is 11.6 Å². The van der Waals surface area contributed by atoms with E-state index in [1.807, 2.05) is 0 Å². The van der Waals surface area contributed by atoms with Gasteiger partial charge >= 0.3 is 0 Å². The first-order chi connectivity index (χ1) is 8.10. The molecule has 1 aromatic carbocycles. The fourth-order valence-electron chi connectivity index (χ4n) is 1.49. The maximum Gasteiger partial charge on any atom is 0.168 e. The number of hydrogen-bond acceptors (Lipinski definition) is 2. The third-order valence-corrected chi connectivity index (χ3v) is 2.86. The molecule has 0 bridgehead atoms. The summed E-state index contributed by atoms with van der Waals surface area (Å²) in [6, 6.07) is 1.71. The van der Waals surface area contributed by atoms with Crippen LogP contribution in [0.4, 0.5) is 8.78 Å². The van der Waals surface area contributed by atoms with Gasteiger partial charge in [0, 0.05) is 17.8 Å². The molecule has 0 heterocycles. The number of hydrogen-bond donors (Lipinski definition) is 0. The van der Waals surface area contributed by atoms with Crippen LogP contribution in [0.5, 0.6) is 5.75 Å². The van der Waals surface area contributed by atoms with Gasteiger partial charge < -0.3 is 4.74 Å². The van der Waals surface area contributed by atoms with Gasteiger partial charge in [0.1, 0.15) is 5.82 Å². The topological polar surface area (TPSA) is 26.3 Å². The summed E-state index contributed by atoms with van der Waals surface area (Å²) in [5.41, 5.74) is -0.0282. The number of rotatable bonds is 6. The minimum atomic E-state index is -0.851. The molecular formula is C12H13BrF2O2. The molecule has 1 aromatic rings. The van der Waals surface area contributed by atoms with Crippen molar-refractivity contribution < 1.29 is 18.3 Å². The van der Waals surface area contributed by atoms with Crippen LogP contribution in [0.25, 0.3) is 0 Å². The van der Waals surface area contributed by atoms with Gasteiger partial charge in [-0.25, -0.2) is 8.78 Å². The number of ether oxygens (including phenoxy) is 1. The van der Waals surface area contributed by atoms with Gasteiger partial charge in [0.2, 0.25) is 0 Å². The zero-order valence-electron chi connectivity index (χ0n) is 9.43. The number of halogens is 3. The Morgan fingerprint density at radius 2 is 2.06 bits per heavy atom. The smallest absolute Gasteiger partial charge is 0.168 e. The van der Waals surface area contributed by atoms with E-state index >= 15 is 0 Å². The molecule has 17 heavy (non-hydrogen) atoms. The maximum atomic E-state index is 13.3. The van der Waals surface area contributed by atoms with Crippen LogP contribution in [0.1, 0.15) is 29.6 Å². The summed E-state index contributed by atoms with van der Waals surface area (Å²) in [5.74, 6) is -2.11. The van der Waals surface area contributed by atoms with Crippen molar-refractivity contribution >= 4 is 21.7 Å². The summed E-state index contributed by atoms with van der Waals surface area (Å²) in [5, 5.41) is 0.801. The van der Waals surface area contributed by atoms with Gasteiger partial charge in [-0.15, -0.1) is 0 Å². The molecule has 0 radical (unpaired) electrons. The van der Waals surface area contributed by atoms with Crippen LogP contribution < -0.4 is 4.74 Å². The third kappa shape index (κ3) is 3.77. The lowest BCUT2D eigenvalue weighted by molar-refractivity contribution is 0.0975. The highest BCUT2D eigenvalue weighted by Crippen LogP contribution is 2.25. The molecule has 0 aromatic heterocycles. The molecule has 0 saturated carbocycles. The van der Waals surface area contributed by atoms with E-state index in [1.54, 1.807) is 0 Å². The lowest BCUT2D eigenvalue weighted by atomic mass is 10.0. The minimum Gasteiger partial charge on any atom is -0.493 e. The second-order valence-corrected chi connectivity index (χ2v) is 4.33. The molecule has 5 heteroatoms. The molecule has 0 aliphatic heterocycles. The molecule has 0 unspecified atom stereocenters. The van der Waals surface area contributed by atoms with E-state index in [0.29, 0.717) is 12.5 Å². The average molecular weight is 307 g/mol. The van der Waals surface area contributed by atoms with Crippen molar-refractivity contribution in [2.24, 2.45) is 0 Å². The van der Waals surface area contributed by atoms with E-state index in [9.17, 15) is 13.6 Å². The van der Waals surface area contributed by atoms with Crippen molar-refractivity contribution in [3.05, 3.63) is 29.3 Å². The zero-order valence-corrected chi connectivity index (χ0v) is 11.0. The molecular weight excluding hydrogens is 294 g/mol. The second-order valence-electron chi connectivity index (χ2n) is 3.54. The van der Waals surface area contributed by atoms with Crippen LogP contribution in [-0.4, -0.2) is 18.2 Å². The van der Waals surface area contributed by atoms with Gasteiger partial charge in [0.15, 0.2) is 17.3 Å². The van der Waals surface area contributed by atoms with Crippen molar-refractivity contribution in [3.63, 3.8) is 0 Å². The van der Waals surface area contributed by atoms with Crippen LogP contribution in [0.15, 0.2) is 12.1 Å². The summed E-state index contributed by atoms with van der Waals surface area (Å²) in [4.78, 5) is 11.8. The highest BCUT2D eigenvalue weighted by atomic mass is 79.9. The molecule has 94 valence electrons. The van der Waals surface area contributed by atoms with Gasteiger partial charge in [-0.2, -0.15) is 0 Å². The number of Topliss-reactive ketones (excluding diaryl/α,β-unsaturated/α-hetero) is 1. The Morgan fingerprint density at radius 1 is 1.35 bits per heavy atom. The van der Waals surface area contributed by atoms with Crippen LogP contribution in [0.3, 0.4) is 0 Å². The van der Waals surface area contributed by atoms with Crippen molar-refractivity contribution in [1.82, 2.24) is 0 Å². The van der Waals surface area contributed by atoms with Crippen molar-refractivity contribution in [2.45, 2.75) is 19.3 Å². The Labute approximate surface area is 107 Å². The first-order valence-corrected chi connectivity index (χ1v) is 6.34. The number of carbonyl (C=O) groups excluding carboxylic acids is 1. The van der Waals surface area contributed by atoms with E-state index in [4.69, 9.17) is 4.74 Å². The molecule has 0 atom stereocenters. The first kappa shape index (κ1) is 14.1. The average Bonchev–Trinajstić information content (AvgIpc) is 2.28. The summed E-state index contributed by atoms with van der Waals surface area (Å²) in [7, 11) is 1.26. The molecule has 0 N–H and O–H groups in total. The normalized spacial score (nSPS) is 10.4. The standard InChI is InChI=1S/C12H13BrF2O2/c1-17-12-9(6-8(14)7-10(12)15)11(16)4-2-3-5-13/h6-7H,2-5H2,1H3. The fourth-order valence-corrected chi connectivity index (χ4v) is 1.89. The lowest BCUT2D eigenvalue weighted by Crippen LogP contribution is -2.05. The first-order valence-electron chi connectivity index (χ1n) is 5.22. The molecule has 0 saturated heterocycles. The molecule has 0 fully saturated rings. The Hall–Kier alpha value is -0.970. The largest absolute Gasteiger partial charge is 0.493 e. The molecule has 0 aliphatic rings. The van der Waals surface area contributed by atoms with Gasteiger partial charge in [-0.05, 0) is 18.9 Å². The van der Waals surface area contributed by atoms with Gasteiger partial charge in [0.05, 0.1) is 12.7 Å². The van der Waals surface area contributed by atoms with Crippen molar-refractivity contribution in [2.75, 3.05) is 12.4 Å². The predicted molar refractivity (Wildman–Crippen MR) is 64.9 cm³/mol. The van der Waals surface area contributed by atoms with E-state index in [2.05, 4.69) is 15.9 Å². The Bertz CT molecular complexity index is 408. The van der Waals surface area contributed by atoms with E-state index in [-0.39, 0.29) is 23.5 Å². The number of carbonyl (C=O) groups is 1. The number of alkyl halides is 1. The minimum absolute atomic E-state index is 0.0282. The van der Waals surface area contributed by atoms with Crippen LogP contribution in [-0.2, 0) is 0 Å². The van der Waals surface area contributed by atoms with E-state index in [0.717, 1.165) is 17.8 Å². The molecule has 0 amide bonds. The lowest BCUT2D eigenvalue weighted by Gasteiger charge is -2.08. The number of unbranched alkanes of at least 4 members (excludes halogenated alkanes) is 1. The molecule has 2 nitrogen and oxygen atoms in total.